The third-order valence-corrected chi connectivity index (χ3v) is 5.55. The summed E-state index contributed by atoms with van der Waals surface area (Å²) in [5, 5.41) is 10.2. The molecule has 0 aliphatic carbocycles. The van der Waals surface area contributed by atoms with Crippen LogP contribution in [0.1, 0.15) is 30.4 Å². The maximum Gasteiger partial charge on any atom is 0.245 e. The molecule has 0 heterocycles. The van der Waals surface area contributed by atoms with Gasteiger partial charge >= 0.3 is 0 Å². The van der Waals surface area contributed by atoms with E-state index in [9.17, 15) is 4.79 Å². The standard InChI is InChI=1S/C19H20BrCl2NO3/c1-2-26-18(11-19(24)23-25)15(9-12-3-6-14(21)7-4-12)13-5-8-17(22)16(20)10-13/h3-8,10,15,18,25H,2,9,11H2,1H3,(H,23,24)/t15?,18-/m1/s1. The van der Waals surface area contributed by atoms with Crippen LogP contribution < -0.4 is 5.48 Å². The number of rotatable bonds is 8. The van der Waals surface area contributed by atoms with Crippen molar-refractivity contribution in [3.8, 4) is 0 Å². The number of amides is 1. The third kappa shape index (κ3) is 5.96. The van der Waals surface area contributed by atoms with Crippen molar-refractivity contribution < 1.29 is 14.7 Å². The van der Waals surface area contributed by atoms with Gasteiger partial charge in [-0.05, 0) is 64.7 Å². The minimum atomic E-state index is -0.488. The van der Waals surface area contributed by atoms with Crippen molar-refractivity contribution in [3.05, 3.63) is 68.1 Å². The molecule has 0 fully saturated rings. The molecule has 2 rings (SSSR count). The lowest BCUT2D eigenvalue weighted by Gasteiger charge is -2.27. The predicted octanol–water partition coefficient (Wildman–Crippen LogP) is 5.38. The number of hydrogen-bond acceptors (Lipinski definition) is 3. The van der Waals surface area contributed by atoms with Gasteiger partial charge in [0.1, 0.15) is 0 Å². The largest absolute Gasteiger partial charge is 0.377 e. The van der Waals surface area contributed by atoms with E-state index in [0.717, 1.165) is 15.6 Å². The summed E-state index contributed by atoms with van der Waals surface area (Å²) in [7, 11) is 0. The first kappa shape index (κ1) is 21.2. The van der Waals surface area contributed by atoms with Gasteiger partial charge in [0.05, 0.1) is 17.5 Å². The Bertz CT molecular complexity index is 740. The van der Waals surface area contributed by atoms with E-state index in [1.54, 1.807) is 5.48 Å². The number of halogens is 3. The lowest BCUT2D eigenvalue weighted by Crippen LogP contribution is -2.31. The van der Waals surface area contributed by atoms with Crippen LogP contribution in [0.4, 0.5) is 0 Å². The number of carbonyl (C=O) groups is 1. The van der Waals surface area contributed by atoms with Crippen LogP contribution in [0.5, 0.6) is 0 Å². The Labute approximate surface area is 171 Å². The minimum Gasteiger partial charge on any atom is -0.377 e. The lowest BCUT2D eigenvalue weighted by atomic mass is 9.85. The number of benzene rings is 2. The highest BCUT2D eigenvalue weighted by Gasteiger charge is 2.27. The highest BCUT2D eigenvalue weighted by Crippen LogP contribution is 2.33. The fourth-order valence-electron chi connectivity index (χ4n) is 2.84. The number of nitrogens with one attached hydrogen (secondary N) is 1. The van der Waals surface area contributed by atoms with E-state index in [2.05, 4.69) is 15.9 Å². The summed E-state index contributed by atoms with van der Waals surface area (Å²) >= 11 is 15.6. The number of hydroxylamine groups is 1. The van der Waals surface area contributed by atoms with Crippen LogP contribution in [-0.4, -0.2) is 23.8 Å². The molecule has 7 heteroatoms. The molecule has 2 N–H and O–H groups in total. The molecule has 0 spiro atoms. The van der Waals surface area contributed by atoms with Gasteiger partial charge in [-0.15, -0.1) is 0 Å². The van der Waals surface area contributed by atoms with E-state index < -0.39 is 12.0 Å². The Morgan fingerprint density at radius 3 is 2.50 bits per heavy atom. The Morgan fingerprint density at radius 2 is 1.92 bits per heavy atom. The zero-order valence-electron chi connectivity index (χ0n) is 14.2. The first-order chi connectivity index (χ1) is 12.4. The summed E-state index contributed by atoms with van der Waals surface area (Å²) < 4.78 is 6.63. The van der Waals surface area contributed by atoms with Gasteiger partial charge in [0.15, 0.2) is 0 Å². The second-order valence-electron chi connectivity index (χ2n) is 5.84. The highest BCUT2D eigenvalue weighted by molar-refractivity contribution is 9.10. The van der Waals surface area contributed by atoms with Gasteiger partial charge in [-0.1, -0.05) is 41.4 Å². The van der Waals surface area contributed by atoms with Crippen molar-refractivity contribution in [2.24, 2.45) is 0 Å². The number of carbonyl (C=O) groups excluding carboxylic acids is 1. The maximum atomic E-state index is 11.8. The first-order valence-corrected chi connectivity index (χ1v) is 9.73. The van der Waals surface area contributed by atoms with Crippen molar-refractivity contribution in [1.82, 2.24) is 5.48 Å². The number of hydrogen-bond donors (Lipinski definition) is 2. The molecule has 2 aromatic rings. The van der Waals surface area contributed by atoms with Gasteiger partial charge in [0.2, 0.25) is 5.91 Å². The maximum absolute atomic E-state index is 11.8. The van der Waals surface area contributed by atoms with E-state index in [-0.39, 0.29) is 12.3 Å². The van der Waals surface area contributed by atoms with Gasteiger partial charge < -0.3 is 4.74 Å². The molecule has 26 heavy (non-hydrogen) atoms. The quantitative estimate of drug-likeness (QED) is 0.410. The van der Waals surface area contributed by atoms with E-state index in [4.69, 9.17) is 33.1 Å². The number of ether oxygens (including phenoxy) is 1. The van der Waals surface area contributed by atoms with E-state index in [1.165, 1.54) is 0 Å². The summed E-state index contributed by atoms with van der Waals surface area (Å²) in [5.74, 6) is -0.598. The van der Waals surface area contributed by atoms with Crippen molar-refractivity contribution in [2.75, 3.05) is 6.61 Å². The van der Waals surface area contributed by atoms with Crippen molar-refractivity contribution in [3.63, 3.8) is 0 Å². The predicted molar refractivity (Wildman–Crippen MR) is 107 cm³/mol. The average molecular weight is 461 g/mol. The summed E-state index contributed by atoms with van der Waals surface area (Å²) in [5.41, 5.74) is 3.74. The molecule has 1 unspecified atom stereocenters. The second kappa shape index (κ2) is 10.3. The Hall–Kier alpha value is -1.11. The molecule has 4 nitrogen and oxygen atoms in total. The second-order valence-corrected chi connectivity index (χ2v) is 7.54. The van der Waals surface area contributed by atoms with Crippen molar-refractivity contribution >= 4 is 45.0 Å². The zero-order chi connectivity index (χ0) is 19.1. The molecule has 1 amide bonds. The molecule has 0 saturated heterocycles. The fourth-order valence-corrected chi connectivity index (χ4v) is 3.48. The van der Waals surface area contributed by atoms with Gasteiger partial charge in [-0.3, -0.25) is 10.0 Å². The topological polar surface area (TPSA) is 58.6 Å². The van der Waals surface area contributed by atoms with Crippen LogP contribution in [0.25, 0.3) is 0 Å². The van der Waals surface area contributed by atoms with Crippen molar-refractivity contribution in [1.29, 1.82) is 0 Å². The zero-order valence-corrected chi connectivity index (χ0v) is 17.3. The average Bonchev–Trinajstić information content (AvgIpc) is 2.63. The molecule has 2 atom stereocenters. The van der Waals surface area contributed by atoms with Gasteiger partial charge in [0, 0.05) is 22.0 Å². The fraction of sp³-hybridized carbons (Fsp3) is 0.316. The van der Waals surface area contributed by atoms with Crippen molar-refractivity contribution in [2.45, 2.75) is 31.8 Å². The van der Waals surface area contributed by atoms with Crippen LogP contribution in [0, 0.1) is 0 Å². The summed E-state index contributed by atoms with van der Waals surface area (Å²) in [4.78, 5) is 11.8. The van der Waals surface area contributed by atoms with Gasteiger partial charge in [-0.25, -0.2) is 5.48 Å². The van der Waals surface area contributed by atoms with Gasteiger partial charge in [-0.2, -0.15) is 0 Å². The summed E-state index contributed by atoms with van der Waals surface area (Å²) in [6, 6.07) is 13.3. The molecule has 140 valence electrons. The smallest absolute Gasteiger partial charge is 0.245 e. The van der Waals surface area contributed by atoms with Crippen LogP contribution in [0.15, 0.2) is 46.9 Å². The van der Waals surface area contributed by atoms with Crippen LogP contribution >= 0.6 is 39.1 Å². The SMILES string of the molecule is CCO[C@H](CC(=O)NO)C(Cc1ccc(Cl)cc1)c1ccc(Cl)c(Br)c1. The van der Waals surface area contributed by atoms with Crippen LogP contribution in [-0.2, 0) is 16.0 Å². The molecular formula is C19H20BrCl2NO3. The normalized spacial score (nSPS) is 13.3. The molecule has 0 aromatic heterocycles. The van der Waals surface area contributed by atoms with Crippen LogP contribution in [0.3, 0.4) is 0 Å². The Kier molecular flexibility index (Phi) is 8.38. The molecule has 0 saturated carbocycles. The Balaban J connectivity index is 2.38. The Morgan fingerprint density at radius 1 is 1.23 bits per heavy atom. The van der Waals surface area contributed by atoms with E-state index in [1.807, 2.05) is 49.4 Å². The van der Waals surface area contributed by atoms with Crippen LogP contribution in [0.2, 0.25) is 10.0 Å². The summed E-state index contributed by atoms with van der Waals surface area (Å²) in [6.45, 7) is 2.33. The third-order valence-electron chi connectivity index (χ3n) is 4.08. The monoisotopic (exact) mass is 459 g/mol. The first-order valence-electron chi connectivity index (χ1n) is 8.18. The molecule has 0 aliphatic heterocycles. The molecular weight excluding hydrogens is 441 g/mol. The molecule has 0 aliphatic rings. The molecule has 0 radical (unpaired) electrons. The summed E-state index contributed by atoms with van der Waals surface area (Å²) in [6.07, 6.45) is 0.285. The minimum absolute atomic E-state index is 0.0445. The van der Waals surface area contributed by atoms with Gasteiger partial charge in [0.25, 0.3) is 0 Å². The molecule has 0 bridgehead atoms. The molecule has 2 aromatic carbocycles. The van der Waals surface area contributed by atoms with E-state index in [0.29, 0.717) is 23.1 Å². The lowest BCUT2D eigenvalue weighted by molar-refractivity contribution is -0.132. The van der Waals surface area contributed by atoms with E-state index >= 15 is 0 Å². The highest BCUT2D eigenvalue weighted by atomic mass is 79.9.